The molecule has 0 aromatic heterocycles. The molecule has 0 aliphatic carbocycles. The van der Waals surface area contributed by atoms with E-state index in [2.05, 4.69) is 31.1 Å². The molecule has 0 saturated carbocycles. The van der Waals surface area contributed by atoms with Crippen LogP contribution in [-0.2, 0) is 4.79 Å². The third-order valence-corrected chi connectivity index (χ3v) is 3.46. The molecule has 0 spiro atoms. The molecule has 102 valence electrons. The molecule has 0 aliphatic rings. The van der Waals surface area contributed by atoms with E-state index in [0.717, 1.165) is 19.4 Å². The van der Waals surface area contributed by atoms with Crippen LogP contribution in [-0.4, -0.2) is 42.0 Å². The minimum absolute atomic E-state index is 0.251. The highest BCUT2D eigenvalue weighted by Gasteiger charge is 2.31. The molecule has 3 N–H and O–H groups in total. The van der Waals surface area contributed by atoms with Gasteiger partial charge in [-0.15, -0.1) is 0 Å². The topological polar surface area (TPSA) is 58.4 Å². The van der Waals surface area contributed by atoms with Crippen LogP contribution in [0.5, 0.6) is 0 Å². The second-order valence-corrected chi connectivity index (χ2v) is 5.48. The molecule has 4 nitrogen and oxygen atoms in total. The SMILES string of the molecule is CCC(C)N(C)CCC(C)(NC(C)C)C(N)=O. The lowest BCUT2D eigenvalue weighted by Crippen LogP contribution is -2.56. The lowest BCUT2D eigenvalue weighted by atomic mass is 9.95. The number of carbonyl (C=O) groups excluding carboxylic acids is 1. The predicted octanol–water partition coefficient (Wildman–Crippen LogP) is 1.35. The minimum Gasteiger partial charge on any atom is -0.368 e. The predicted molar refractivity (Wildman–Crippen MR) is 72.9 cm³/mol. The van der Waals surface area contributed by atoms with Crippen molar-refractivity contribution in [2.75, 3.05) is 13.6 Å². The van der Waals surface area contributed by atoms with E-state index >= 15 is 0 Å². The third kappa shape index (κ3) is 5.50. The standard InChI is InChI=1S/C13H29N3O/c1-7-11(4)16(6)9-8-13(5,12(14)17)15-10(2)3/h10-11,15H,7-9H2,1-6H3,(H2,14,17). The molecular weight excluding hydrogens is 214 g/mol. The van der Waals surface area contributed by atoms with Gasteiger partial charge in [-0.3, -0.25) is 4.79 Å². The molecule has 0 aromatic rings. The maximum absolute atomic E-state index is 11.5. The van der Waals surface area contributed by atoms with Crippen molar-refractivity contribution in [2.24, 2.45) is 5.73 Å². The van der Waals surface area contributed by atoms with Crippen molar-refractivity contribution in [1.29, 1.82) is 0 Å². The van der Waals surface area contributed by atoms with Gasteiger partial charge >= 0.3 is 0 Å². The number of nitrogens with one attached hydrogen (secondary N) is 1. The van der Waals surface area contributed by atoms with Gasteiger partial charge in [0, 0.05) is 18.6 Å². The number of amides is 1. The molecule has 0 radical (unpaired) electrons. The Morgan fingerprint density at radius 3 is 2.29 bits per heavy atom. The van der Waals surface area contributed by atoms with E-state index < -0.39 is 5.54 Å². The first-order valence-corrected chi connectivity index (χ1v) is 6.50. The molecule has 0 fully saturated rings. The Morgan fingerprint density at radius 1 is 1.41 bits per heavy atom. The van der Waals surface area contributed by atoms with Gasteiger partial charge in [0.1, 0.15) is 0 Å². The van der Waals surface area contributed by atoms with Crippen LogP contribution >= 0.6 is 0 Å². The van der Waals surface area contributed by atoms with Crippen LogP contribution in [0.2, 0.25) is 0 Å². The molecular formula is C13H29N3O. The Balaban J connectivity index is 4.41. The average molecular weight is 243 g/mol. The van der Waals surface area contributed by atoms with Crippen molar-refractivity contribution >= 4 is 5.91 Å². The molecule has 4 heteroatoms. The summed E-state index contributed by atoms with van der Waals surface area (Å²) in [6, 6.07) is 0.785. The van der Waals surface area contributed by atoms with E-state index in [1.54, 1.807) is 0 Å². The van der Waals surface area contributed by atoms with Crippen molar-refractivity contribution in [3.8, 4) is 0 Å². The molecule has 17 heavy (non-hydrogen) atoms. The van der Waals surface area contributed by atoms with E-state index in [9.17, 15) is 4.79 Å². The van der Waals surface area contributed by atoms with E-state index in [-0.39, 0.29) is 11.9 Å². The van der Waals surface area contributed by atoms with Crippen LogP contribution in [0.3, 0.4) is 0 Å². The molecule has 0 aromatic carbocycles. The van der Waals surface area contributed by atoms with Crippen molar-refractivity contribution in [2.45, 2.75) is 65.1 Å². The van der Waals surface area contributed by atoms with Gasteiger partial charge in [-0.2, -0.15) is 0 Å². The summed E-state index contributed by atoms with van der Waals surface area (Å²) in [6.45, 7) is 11.2. The summed E-state index contributed by atoms with van der Waals surface area (Å²) in [5.41, 5.74) is 4.88. The molecule has 0 bridgehead atoms. The Bertz CT molecular complexity index is 243. The fourth-order valence-electron chi connectivity index (χ4n) is 1.84. The largest absolute Gasteiger partial charge is 0.368 e. The summed E-state index contributed by atoms with van der Waals surface area (Å²) in [7, 11) is 2.09. The Labute approximate surface area is 106 Å². The van der Waals surface area contributed by atoms with Gasteiger partial charge in [-0.25, -0.2) is 0 Å². The molecule has 2 unspecified atom stereocenters. The fraction of sp³-hybridized carbons (Fsp3) is 0.923. The quantitative estimate of drug-likeness (QED) is 0.676. The third-order valence-electron chi connectivity index (χ3n) is 3.46. The number of nitrogens with zero attached hydrogens (tertiary/aromatic N) is 1. The van der Waals surface area contributed by atoms with Crippen LogP contribution in [0.4, 0.5) is 0 Å². The number of hydrogen-bond donors (Lipinski definition) is 2. The molecule has 2 atom stereocenters. The molecule has 0 heterocycles. The highest BCUT2D eigenvalue weighted by Crippen LogP contribution is 2.12. The molecule has 0 saturated heterocycles. The Kier molecular flexibility index (Phi) is 6.72. The van der Waals surface area contributed by atoms with E-state index in [1.165, 1.54) is 0 Å². The lowest BCUT2D eigenvalue weighted by molar-refractivity contribution is -0.124. The van der Waals surface area contributed by atoms with Crippen molar-refractivity contribution in [1.82, 2.24) is 10.2 Å². The number of hydrogen-bond acceptors (Lipinski definition) is 3. The van der Waals surface area contributed by atoms with Gasteiger partial charge in [-0.05, 0) is 47.6 Å². The molecule has 0 aliphatic heterocycles. The summed E-state index contributed by atoms with van der Waals surface area (Å²) >= 11 is 0. The molecule has 1 amide bonds. The maximum atomic E-state index is 11.5. The van der Waals surface area contributed by atoms with Crippen LogP contribution in [0.25, 0.3) is 0 Å². The van der Waals surface area contributed by atoms with Gasteiger partial charge < -0.3 is 16.0 Å². The van der Waals surface area contributed by atoms with E-state index in [4.69, 9.17) is 5.73 Å². The van der Waals surface area contributed by atoms with Gasteiger partial charge in [0.2, 0.25) is 5.91 Å². The van der Waals surface area contributed by atoms with Gasteiger partial charge in [0.15, 0.2) is 0 Å². The van der Waals surface area contributed by atoms with Crippen LogP contribution in [0, 0.1) is 0 Å². The van der Waals surface area contributed by atoms with E-state index in [0.29, 0.717) is 6.04 Å². The monoisotopic (exact) mass is 243 g/mol. The average Bonchev–Trinajstić information content (AvgIpc) is 2.23. The number of rotatable bonds is 8. The summed E-state index contributed by atoms with van der Waals surface area (Å²) in [6.07, 6.45) is 1.85. The van der Waals surface area contributed by atoms with Crippen molar-refractivity contribution in [3.05, 3.63) is 0 Å². The summed E-state index contributed by atoms with van der Waals surface area (Å²) < 4.78 is 0. The van der Waals surface area contributed by atoms with Crippen LogP contribution in [0.15, 0.2) is 0 Å². The molecule has 0 rings (SSSR count). The zero-order chi connectivity index (χ0) is 13.6. The van der Waals surface area contributed by atoms with Crippen LogP contribution in [0.1, 0.15) is 47.5 Å². The Morgan fingerprint density at radius 2 is 1.94 bits per heavy atom. The minimum atomic E-state index is -0.615. The first kappa shape index (κ1) is 16.4. The van der Waals surface area contributed by atoms with Gasteiger partial charge in [0.05, 0.1) is 5.54 Å². The fourth-order valence-corrected chi connectivity index (χ4v) is 1.84. The first-order valence-electron chi connectivity index (χ1n) is 6.50. The zero-order valence-corrected chi connectivity index (χ0v) is 12.2. The smallest absolute Gasteiger partial charge is 0.237 e. The first-order chi connectivity index (χ1) is 7.73. The highest BCUT2D eigenvalue weighted by molar-refractivity contribution is 5.84. The van der Waals surface area contributed by atoms with Crippen LogP contribution < -0.4 is 11.1 Å². The lowest BCUT2D eigenvalue weighted by Gasteiger charge is -2.33. The number of nitrogens with two attached hydrogens (primary N) is 1. The summed E-state index contributed by atoms with van der Waals surface area (Å²) in [5.74, 6) is -0.274. The number of primary amides is 1. The number of carbonyl (C=O) groups is 1. The highest BCUT2D eigenvalue weighted by atomic mass is 16.1. The summed E-state index contributed by atoms with van der Waals surface area (Å²) in [4.78, 5) is 13.8. The van der Waals surface area contributed by atoms with Crippen molar-refractivity contribution < 1.29 is 4.79 Å². The second-order valence-electron chi connectivity index (χ2n) is 5.48. The van der Waals surface area contributed by atoms with Gasteiger partial charge in [0.25, 0.3) is 0 Å². The zero-order valence-electron chi connectivity index (χ0n) is 12.2. The normalized spacial score (nSPS) is 17.2. The maximum Gasteiger partial charge on any atom is 0.237 e. The van der Waals surface area contributed by atoms with Crippen molar-refractivity contribution in [3.63, 3.8) is 0 Å². The van der Waals surface area contributed by atoms with E-state index in [1.807, 2.05) is 20.8 Å². The summed E-state index contributed by atoms with van der Waals surface area (Å²) in [5, 5.41) is 3.27. The Hall–Kier alpha value is -0.610. The second kappa shape index (κ2) is 6.97. The van der Waals surface area contributed by atoms with Gasteiger partial charge in [-0.1, -0.05) is 6.92 Å².